The van der Waals surface area contributed by atoms with Crippen LogP contribution in [0.25, 0.3) is 6.08 Å². The van der Waals surface area contributed by atoms with Gasteiger partial charge < -0.3 is 34.2 Å². The minimum absolute atomic E-state index is 0.104. The lowest BCUT2D eigenvalue weighted by atomic mass is 10.1. The van der Waals surface area contributed by atoms with Crippen LogP contribution < -0.4 is 10.6 Å². The van der Waals surface area contributed by atoms with Gasteiger partial charge >= 0.3 is 23.8 Å². The van der Waals surface area contributed by atoms with Gasteiger partial charge in [-0.15, -0.1) is 0 Å². The molecule has 2 heterocycles. The van der Waals surface area contributed by atoms with Crippen molar-refractivity contribution >= 4 is 41.4 Å². The number of hydrogen-bond donors (Lipinski definition) is 2. The van der Waals surface area contributed by atoms with Gasteiger partial charge in [0.05, 0.1) is 37.0 Å². The zero-order valence-electron chi connectivity index (χ0n) is 22.7. The molecular weight excluding hydrogens is 522 g/mol. The summed E-state index contributed by atoms with van der Waals surface area (Å²) in [4.78, 5) is 63.3. The fourth-order valence-corrected chi connectivity index (χ4v) is 3.91. The van der Waals surface area contributed by atoms with Crippen molar-refractivity contribution in [3.8, 4) is 0 Å². The van der Waals surface area contributed by atoms with Gasteiger partial charge in [0.15, 0.2) is 0 Å². The highest BCUT2D eigenvalue weighted by molar-refractivity contribution is 6.39. The third-order valence-corrected chi connectivity index (χ3v) is 5.88. The van der Waals surface area contributed by atoms with E-state index in [1.165, 1.54) is 42.4 Å². The first-order chi connectivity index (χ1) is 19.2. The highest BCUT2D eigenvalue weighted by atomic mass is 16.5. The number of hydrogen-bond acceptors (Lipinski definition) is 9. The molecule has 1 aliphatic heterocycles. The lowest BCUT2D eigenvalue weighted by Crippen LogP contribution is -2.34. The number of carbonyl (C=O) groups is 5. The standard InChI is InChI=1S/C28H31N3O9/c1-5-39-27(35)18-7-9-19(10-8-18)30-25(33)24(32)29-16-21-12-11-20(40-21)15-22-23(28(36)38-4)17(2)31(26(22)34)13-6-14-37-3/h7-12,15H,5-6,13-14,16H2,1-4H3,(H,29,32)(H,30,33)/b22-15+. The first kappa shape index (κ1) is 29.8. The minimum Gasteiger partial charge on any atom is -0.465 e. The zero-order valence-corrected chi connectivity index (χ0v) is 22.7. The molecule has 0 bridgehead atoms. The van der Waals surface area contributed by atoms with Gasteiger partial charge in [-0.2, -0.15) is 0 Å². The van der Waals surface area contributed by atoms with Gasteiger partial charge in [-0.1, -0.05) is 0 Å². The summed E-state index contributed by atoms with van der Waals surface area (Å²) in [6.07, 6.45) is 2.02. The second-order valence-corrected chi connectivity index (χ2v) is 8.55. The fraction of sp³-hybridized carbons (Fsp3) is 0.321. The van der Waals surface area contributed by atoms with Gasteiger partial charge in [0.2, 0.25) is 0 Å². The first-order valence-corrected chi connectivity index (χ1v) is 12.5. The first-order valence-electron chi connectivity index (χ1n) is 12.5. The molecule has 0 spiro atoms. The van der Waals surface area contributed by atoms with Gasteiger partial charge in [-0.3, -0.25) is 14.4 Å². The van der Waals surface area contributed by atoms with E-state index in [4.69, 9.17) is 18.6 Å². The van der Waals surface area contributed by atoms with Gasteiger partial charge in [-0.05, 0) is 62.7 Å². The third-order valence-electron chi connectivity index (χ3n) is 5.88. The Morgan fingerprint density at radius 2 is 1.73 bits per heavy atom. The molecule has 0 unspecified atom stereocenters. The normalized spacial score (nSPS) is 13.9. The molecule has 0 radical (unpaired) electrons. The lowest BCUT2D eigenvalue weighted by molar-refractivity contribution is -0.136. The molecule has 1 aromatic carbocycles. The molecule has 2 aromatic rings. The highest BCUT2D eigenvalue weighted by Gasteiger charge is 2.37. The van der Waals surface area contributed by atoms with Crippen LogP contribution in [0.1, 0.15) is 42.1 Å². The number of furan rings is 1. The van der Waals surface area contributed by atoms with Gasteiger partial charge in [0.25, 0.3) is 5.91 Å². The Balaban J connectivity index is 1.63. The molecule has 0 saturated heterocycles. The average molecular weight is 554 g/mol. The molecule has 3 amide bonds. The van der Waals surface area contributed by atoms with Crippen molar-refractivity contribution in [3.05, 3.63) is 70.3 Å². The Morgan fingerprint density at radius 1 is 1.00 bits per heavy atom. The van der Waals surface area contributed by atoms with Crippen LogP contribution in [0.3, 0.4) is 0 Å². The van der Waals surface area contributed by atoms with Crippen LogP contribution in [0.5, 0.6) is 0 Å². The Kier molecular flexibility index (Phi) is 10.4. The van der Waals surface area contributed by atoms with E-state index in [0.29, 0.717) is 42.3 Å². The highest BCUT2D eigenvalue weighted by Crippen LogP contribution is 2.32. The Labute approximate surface area is 230 Å². The predicted octanol–water partition coefficient (Wildman–Crippen LogP) is 2.42. The Bertz CT molecular complexity index is 1340. The van der Waals surface area contributed by atoms with E-state index in [9.17, 15) is 24.0 Å². The van der Waals surface area contributed by atoms with Crippen molar-refractivity contribution < 1.29 is 42.6 Å². The average Bonchev–Trinajstić information content (AvgIpc) is 3.49. The van der Waals surface area contributed by atoms with Gasteiger partial charge in [0.1, 0.15) is 11.5 Å². The second-order valence-electron chi connectivity index (χ2n) is 8.55. The summed E-state index contributed by atoms with van der Waals surface area (Å²) in [7, 11) is 2.80. The van der Waals surface area contributed by atoms with E-state index in [0.717, 1.165) is 0 Å². The van der Waals surface area contributed by atoms with Gasteiger partial charge in [0, 0.05) is 31.6 Å². The third kappa shape index (κ3) is 7.23. The fourth-order valence-electron chi connectivity index (χ4n) is 3.91. The summed E-state index contributed by atoms with van der Waals surface area (Å²) < 4.78 is 20.5. The Morgan fingerprint density at radius 3 is 2.38 bits per heavy atom. The number of ether oxygens (including phenoxy) is 3. The summed E-state index contributed by atoms with van der Waals surface area (Å²) >= 11 is 0. The molecule has 0 aliphatic carbocycles. The van der Waals surface area contributed by atoms with Crippen LogP contribution >= 0.6 is 0 Å². The van der Waals surface area contributed by atoms with Crippen LogP contribution in [0.15, 0.2) is 57.7 Å². The summed E-state index contributed by atoms with van der Waals surface area (Å²) in [5.41, 5.74) is 1.38. The number of carbonyl (C=O) groups excluding carboxylic acids is 5. The van der Waals surface area contributed by atoms with E-state index in [1.807, 2.05) is 0 Å². The van der Waals surface area contributed by atoms with Crippen molar-refractivity contribution in [1.82, 2.24) is 10.2 Å². The van der Waals surface area contributed by atoms with Crippen LogP contribution in [0.4, 0.5) is 5.69 Å². The molecule has 3 rings (SSSR count). The smallest absolute Gasteiger partial charge is 0.340 e. The largest absolute Gasteiger partial charge is 0.465 e. The SMILES string of the molecule is CCOC(=O)c1ccc(NC(=O)C(=O)NCc2ccc(/C=C3/C(=O)N(CCCOC)C(C)=C3C(=O)OC)o2)cc1. The van der Waals surface area contributed by atoms with Gasteiger partial charge in [-0.25, -0.2) is 9.59 Å². The van der Waals surface area contributed by atoms with Crippen molar-refractivity contribution in [2.75, 3.05) is 39.3 Å². The molecule has 212 valence electrons. The molecule has 1 aromatic heterocycles. The number of methoxy groups -OCH3 is 2. The zero-order chi connectivity index (χ0) is 29.2. The van der Waals surface area contributed by atoms with Crippen molar-refractivity contribution in [1.29, 1.82) is 0 Å². The van der Waals surface area contributed by atoms with E-state index in [2.05, 4.69) is 10.6 Å². The molecule has 2 N–H and O–H groups in total. The van der Waals surface area contributed by atoms with Crippen molar-refractivity contribution in [2.24, 2.45) is 0 Å². The maximum absolute atomic E-state index is 13.1. The van der Waals surface area contributed by atoms with E-state index in [-0.39, 0.29) is 36.0 Å². The minimum atomic E-state index is -0.911. The molecule has 1 aliphatic rings. The van der Waals surface area contributed by atoms with E-state index >= 15 is 0 Å². The molecule has 40 heavy (non-hydrogen) atoms. The quantitative estimate of drug-likeness (QED) is 0.185. The molecule has 0 fully saturated rings. The number of anilines is 1. The maximum atomic E-state index is 13.1. The molecule has 12 heteroatoms. The number of allylic oxidation sites excluding steroid dienone is 1. The van der Waals surface area contributed by atoms with Crippen LogP contribution in [0.2, 0.25) is 0 Å². The number of rotatable bonds is 11. The van der Waals surface area contributed by atoms with E-state index < -0.39 is 23.8 Å². The molecular formula is C28H31N3O9. The molecule has 0 atom stereocenters. The monoisotopic (exact) mass is 553 g/mol. The number of nitrogens with one attached hydrogen (secondary N) is 2. The maximum Gasteiger partial charge on any atom is 0.340 e. The predicted molar refractivity (Wildman–Crippen MR) is 142 cm³/mol. The van der Waals surface area contributed by atoms with Crippen LogP contribution in [0, 0.1) is 0 Å². The van der Waals surface area contributed by atoms with Crippen molar-refractivity contribution in [2.45, 2.75) is 26.8 Å². The number of benzene rings is 1. The van der Waals surface area contributed by atoms with Crippen LogP contribution in [-0.4, -0.2) is 68.5 Å². The summed E-state index contributed by atoms with van der Waals surface area (Å²) in [5, 5.41) is 4.89. The second kappa shape index (κ2) is 13.9. The summed E-state index contributed by atoms with van der Waals surface area (Å²) in [6, 6.07) is 9.05. The summed E-state index contributed by atoms with van der Waals surface area (Å²) in [5.74, 6) is -2.74. The van der Waals surface area contributed by atoms with Crippen LogP contribution in [-0.2, 0) is 39.9 Å². The topological polar surface area (TPSA) is 153 Å². The van der Waals surface area contributed by atoms with E-state index in [1.54, 1.807) is 33.1 Å². The number of nitrogens with zero attached hydrogens (tertiary/aromatic N) is 1. The Hall–Kier alpha value is -4.71. The lowest BCUT2D eigenvalue weighted by Gasteiger charge is -2.17. The number of esters is 2. The molecule has 12 nitrogen and oxygen atoms in total. The summed E-state index contributed by atoms with van der Waals surface area (Å²) in [6.45, 7) is 4.32. The van der Waals surface area contributed by atoms with Crippen molar-refractivity contribution in [3.63, 3.8) is 0 Å². The molecule has 0 saturated carbocycles. The number of amides is 3.